The van der Waals surface area contributed by atoms with Gasteiger partial charge in [-0.25, -0.2) is 4.79 Å². The van der Waals surface area contributed by atoms with E-state index in [4.69, 9.17) is 9.15 Å². The van der Waals surface area contributed by atoms with Crippen LogP contribution in [-0.4, -0.2) is 36.1 Å². The highest BCUT2D eigenvalue weighted by Crippen LogP contribution is 2.25. The van der Waals surface area contributed by atoms with Crippen molar-refractivity contribution in [3.05, 3.63) is 58.6 Å². The number of carbonyl (C=O) groups excluding carboxylic acids is 2. The molecule has 1 aromatic heterocycles. The molecule has 1 aliphatic rings. The van der Waals surface area contributed by atoms with Gasteiger partial charge in [-0.3, -0.25) is 14.2 Å². The number of esters is 1. The molecule has 0 bridgehead atoms. The molecule has 0 aliphatic carbocycles. The Morgan fingerprint density at radius 3 is 2.68 bits per heavy atom. The molecule has 2 aromatic carbocycles. The second-order valence-electron chi connectivity index (χ2n) is 7.64. The van der Waals surface area contributed by atoms with E-state index in [0.717, 1.165) is 24.3 Å². The van der Waals surface area contributed by atoms with Crippen LogP contribution in [0.3, 0.4) is 0 Å². The van der Waals surface area contributed by atoms with Crippen molar-refractivity contribution in [1.82, 2.24) is 4.57 Å². The van der Waals surface area contributed by atoms with Crippen molar-refractivity contribution < 1.29 is 18.7 Å². The lowest BCUT2D eigenvalue weighted by Crippen LogP contribution is -2.23. The van der Waals surface area contributed by atoms with Crippen molar-refractivity contribution in [3.63, 3.8) is 0 Å². The second kappa shape index (κ2) is 9.07. The quantitative estimate of drug-likeness (QED) is 0.587. The second-order valence-corrected chi connectivity index (χ2v) is 7.64. The Labute approximate surface area is 179 Å². The number of carbonyl (C=O) groups is 2. The van der Waals surface area contributed by atoms with E-state index in [2.05, 4.69) is 16.3 Å². The molecule has 1 saturated heterocycles. The molecule has 1 amide bonds. The lowest BCUT2D eigenvalue weighted by molar-refractivity contribution is -0.147. The number of nitrogens with zero attached hydrogens (tertiary/aromatic N) is 2. The Morgan fingerprint density at radius 1 is 1.13 bits per heavy atom. The highest BCUT2D eigenvalue weighted by molar-refractivity contribution is 5.93. The normalized spacial score (nSPS) is 13.5. The van der Waals surface area contributed by atoms with Crippen LogP contribution in [0.4, 0.5) is 11.4 Å². The van der Waals surface area contributed by atoms with E-state index in [1.807, 2.05) is 19.1 Å². The number of para-hydroxylation sites is 2. The standard InChI is InChI=1S/C23H25N3O5/c1-16-14-17(25-11-4-5-12-25)8-9-18(16)24-21(27)15-30-22(28)10-13-26-19-6-2-3-7-20(19)31-23(26)29/h2-3,6-9,14H,4-5,10-13,15H2,1H3,(H,24,27). The molecule has 2 heterocycles. The number of hydrogen-bond donors (Lipinski definition) is 1. The maximum absolute atomic E-state index is 12.2. The van der Waals surface area contributed by atoms with Gasteiger partial charge in [0.05, 0.1) is 11.9 Å². The van der Waals surface area contributed by atoms with Crippen LogP contribution in [0.5, 0.6) is 0 Å². The molecular weight excluding hydrogens is 398 g/mol. The Bertz CT molecular complexity index is 1160. The van der Waals surface area contributed by atoms with Gasteiger partial charge >= 0.3 is 11.7 Å². The van der Waals surface area contributed by atoms with Gasteiger partial charge in [-0.1, -0.05) is 12.1 Å². The number of aromatic nitrogens is 1. The van der Waals surface area contributed by atoms with Gasteiger partial charge in [-0.15, -0.1) is 0 Å². The van der Waals surface area contributed by atoms with Crippen LogP contribution in [-0.2, 0) is 20.9 Å². The Morgan fingerprint density at radius 2 is 1.90 bits per heavy atom. The summed E-state index contributed by atoms with van der Waals surface area (Å²) < 4.78 is 11.6. The summed E-state index contributed by atoms with van der Waals surface area (Å²) in [5.41, 5.74) is 3.88. The monoisotopic (exact) mass is 423 g/mol. The van der Waals surface area contributed by atoms with Crippen LogP contribution in [0, 0.1) is 6.92 Å². The highest BCUT2D eigenvalue weighted by atomic mass is 16.5. The third kappa shape index (κ3) is 4.79. The molecule has 0 radical (unpaired) electrons. The van der Waals surface area contributed by atoms with Crippen molar-refractivity contribution >= 4 is 34.4 Å². The summed E-state index contributed by atoms with van der Waals surface area (Å²) in [5.74, 6) is -1.50. The zero-order valence-corrected chi connectivity index (χ0v) is 17.4. The summed E-state index contributed by atoms with van der Waals surface area (Å²) in [6.45, 7) is 3.79. The minimum absolute atomic E-state index is 0.0414. The molecule has 4 rings (SSSR count). The molecule has 31 heavy (non-hydrogen) atoms. The molecule has 8 nitrogen and oxygen atoms in total. The van der Waals surface area contributed by atoms with Crippen LogP contribution < -0.4 is 16.0 Å². The van der Waals surface area contributed by atoms with Crippen LogP contribution in [0.25, 0.3) is 11.1 Å². The first-order valence-corrected chi connectivity index (χ1v) is 10.4. The molecule has 0 atom stereocenters. The molecule has 162 valence electrons. The number of nitrogens with one attached hydrogen (secondary N) is 1. The van der Waals surface area contributed by atoms with E-state index in [1.54, 1.807) is 24.3 Å². The Kier molecular flexibility index (Phi) is 6.06. The topological polar surface area (TPSA) is 93.8 Å². The summed E-state index contributed by atoms with van der Waals surface area (Å²) in [4.78, 5) is 38.5. The van der Waals surface area contributed by atoms with E-state index in [0.29, 0.717) is 16.8 Å². The van der Waals surface area contributed by atoms with E-state index in [1.165, 1.54) is 17.4 Å². The summed E-state index contributed by atoms with van der Waals surface area (Å²) >= 11 is 0. The van der Waals surface area contributed by atoms with Crippen molar-refractivity contribution in [1.29, 1.82) is 0 Å². The average molecular weight is 423 g/mol. The number of fused-ring (bicyclic) bond motifs is 1. The summed E-state index contributed by atoms with van der Waals surface area (Å²) in [7, 11) is 0. The molecular formula is C23H25N3O5. The van der Waals surface area contributed by atoms with Crippen LogP contribution in [0.1, 0.15) is 24.8 Å². The molecule has 0 saturated carbocycles. The molecule has 1 aliphatic heterocycles. The summed E-state index contributed by atoms with van der Waals surface area (Å²) in [5, 5.41) is 2.78. The zero-order valence-electron chi connectivity index (χ0n) is 17.4. The SMILES string of the molecule is Cc1cc(N2CCCC2)ccc1NC(=O)COC(=O)CCn1c(=O)oc2ccccc21. The van der Waals surface area contributed by atoms with E-state index >= 15 is 0 Å². The van der Waals surface area contributed by atoms with Crippen LogP contribution in [0.15, 0.2) is 51.7 Å². The number of aryl methyl sites for hydroxylation is 2. The van der Waals surface area contributed by atoms with E-state index in [9.17, 15) is 14.4 Å². The number of amides is 1. The lowest BCUT2D eigenvalue weighted by Gasteiger charge is -2.19. The van der Waals surface area contributed by atoms with Gasteiger partial charge in [0, 0.05) is 31.0 Å². The predicted molar refractivity (Wildman–Crippen MR) is 117 cm³/mol. The first-order chi connectivity index (χ1) is 15.0. The summed E-state index contributed by atoms with van der Waals surface area (Å²) in [6, 6.07) is 12.9. The van der Waals surface area contributed by atoms with E-state index in [-0.39, 0.29) is 19.6 Å². The third-order valence-corrected chi connectivity index (χ3v) is 5.43. The van der Waals surface area contributed by atoms with Crippen molar-refractivity contribution in [2.45, 2.75) is 32.7 Å². The van der Waals surface area contributed by atoms with Crippen molar-refractivity contribution in [3.8, 4) is 0 Å². The maximum Gasteiger partial charge on any atom is 0.419 e. The van der Waals surface area contributed by atoms with Gasteiger partial charge in [-0.05, 0) is 55.7 Å². The van der Waals surface area contributed by atoms with Gasteiger partial charge in [0.15, 0.2) is 12.2 Å². The van der Waals surface area contributed by atoms with Gasteiger partial charge < -0.3 is 19.4 Å². The summed E-state index contributed by atoms with van der Waals surface area (Å²) in [6.07, 6.45) is 2.36. The maximum atomic E-state index is 12.2. The number of benzene rings is 2. The molecule has 8 heteroatoms. The molecule has 0 spiro atoms. The van der Waals surface area contributed by atoms with Crippen molar-refractivity contribution in [2.24, 2.45) is 0 Å². The number of oxazole rings is 1. The largest absolute Gasteiger partial charge is 0.456 e. The van der Waals surface area contributed by atoms with Gasteiger partial charge in [0.25, 0.3) is 5.91 Å². The average Bonchev–Trinajstić information content (AvgIpc) is 3.40. The predicted octanol–water partition coefficient (Wildman–Crippen LogP) is 3.08. The Balaban J connectivity index is 1.27. The third-order valence-electron chi connectivity index (χ3n) is 5.43. The smallest absolute Gasteiger partial charge is 0.419 e. The fourth-order valence-corrected chi connectivity index (χ4v) is 3.79. The Hall–Kier alpha value is -3.55. The van der Waals surface area contributed by atoms with Gasteiger partial charge in [0.2, 0.25) is 0 Å². The fourth-order valence-electron chi connectivity index (χ4n) is 3.79. The number of hydrogen-bond acceptors (Lipinski definition) is 6. The highest BCUT2D eigenvalue weighted by Gasteiger charge is 2.15. The van der Waals surface area contributed by atoms with Crippen molar-refractivity contribution in [2.75, 3.05) is 29.9 Å². The fraction of sp³-hybridized carbons (Fsp3) is 0.348. The van der Waals surface area contributed by atoms with Crippen LogP contribution >= 0.6 is 0 Å². The molecule has 1 N–H and O–H groups in total. The number of anilines is 2. The number of ether oxygens (including phenoxy) is 1. The van der Waals surface area contributed by atoms with Crippen LogP contribution in [0.2, 0.25) is 0 Å². The molecule has 1 fully saturated rings. The van der Waals surface area contributed by atoms with E-state index < -0.39 is 17.6 Å². The minimum atomic E-state index is -0.562. The van der Waals surface area contributed by atoms with Gasteiger partial charge in [-0.2, -0.15) is 0 Å². The first kappa shape index (κ1) is 20.7. The minimum Gasteiger partial charge on any atom is -0.456 e. The molecule has 3 aromatic rings. The lowest BCUT2D eigenvalue weighted by atomic mass is 10.1. The number of rotatable bonds is 7. The molecule has 0 unspecified atom stereocenters. The first-order valence-electron chi connectivity index (χ1n) is 10.4. The van der Waals surface area contributed by atoms with Gasteiger partial charge in [0.1, 0.15) is 0 Å². The zero-order chi connectivity index (χ0) is 21.8.